The molecule has 1 saturated heterocycles. The molecule has 1 amide bonds. The third-order valence-electron chi connectivity index (χ3n) is 6.70. The maximum atomic E-state index is 13.0. The molecule has 142 valence electrons. The number of hydrazine groups is 1. The highest BCUT2D eigenvalue weighted by atomic mass is 16.2. The number of nitrogens with zero attached hydrogens (tertiary/aromatic N) is 2. The Morgan fingerprint density at radius 2 is 2.00 bits per heavy atom. The van der Waals surface area contributed by atoms with Gasteiger partial charge >= 0.3 is 0 Å². The first kappa shape index (κ1) is 18.0. The number of likely N-dealkylation sites (N-methyl/N-ethyl adjacent to an activating group) is 1. The van der Waals surface area contributed by atoms with E-state index in [4.69, 9.17) is 0 Å². The van der Waals surface area contributed by atoms with Crippen molar-refractivity contribution in [1.29, 1.82) is 0 Å². The van der Waals surface area contributed by atoms with E-state index in [0.717, 1.165) is 26.1 Å². The summed E-state index contributed by atoms with van der Waals surface area (Å²) in [6, 6.07) is 9.52. The van der Waals surface area contributed by atoms with Gasteiger partial charge in [-0.15, -0.1) is 0 Å². The first-order chi connectivity index (χ1) is 12.6. The highest BCUT2D eigenvalue weighted by Gasteiger charge is 2.38. The molecule has 5 heteroatoms. The number of amides is 1. The third kappa shape index (κ3) is 3.53. The summed E-state index contributed by atoms with van der Waals surface area (Å²) in [5, 5.41) is 0. The second-order valence-electron chi connectivity index (χ2n) is 8.33. The number of benzene rings is 1. The highest BCUT2D eigenvalue weighted by Crippen LogP contribution is 2.30. The lowest BCUT2D eigenvalue weighted by atomic mass is 9.81. The largest absolute Gasteiger partial charge is 0.343 e. The summed E-state index contributed by atoms with van der Waals surface area (Å²) in [6.07, 6.45) is 6.22. The minimum atomic E-state index is -0.0649. The molecule has 1 aromatic rings. The minimum absolute atomic E-state index is 0.0649. The first-order valence-corrected chi connectivity index (χ1v) is 10.2. The lowest BCUT2D eigenvalue weighted by molar-refractivity contribution is -0.135. The van der Waals surface area contributed by atoms with E-state index >= 15 is 0 Å². The van der Waals surface area contributed by atoms with Crippen LogP contribution < -0.4 is 10.9 Å². The molecule has 4 rings (SSSR count). The van der Waals surface area contributed by atoms with Gasteiger partial charge in [0.25, 0.3) is 0 Å². The number of carbonyl (C=O) groups excluding carboxylic acids is 1. The van der Waals surface area contributed by atoms with E-state index in [0.29, 0.717) is 18.0 Å². The van der Waals surface area contributed by atoms with Gasteiger partial charge in [-0.25, -0.2) is 0 Å². The monoisotopic (exact) mass is 356 g/mol. The molecule has 26 heavy (non-hydrogen) atoms. The van der Waals surface area contributed by atoms with Gasteiger partial charge in [0.1, 0.15) is 0 Å². The van der Waals surface area contributed by atoms with Crippen molar-refractivity contribution < 1.29 is 4.79 Å². The highest BCUT2D eigenvalue weighted by molar-refractivity contribution is 5.81. The molecule has 0 spiro atoms. The fourth-order valence-corrected chi connectivity index (χ4v) is 5.03. The molecule has 1 aromatic carbocycles. The van der Waals surface area contributed by atoms with Crippen molar-refractivity contribution in [2.45, 2.75) is 63.7 Å². The molecule has 5 nitrogen and oxygen atoms in total. The van der Waals surface area contributed by atoms with Gasteiger partial charge in [-0.3, -0.25) is 20.5 Å². The molecule has 1 saturated carbocycles. The van der Waals surface area contributed by atoms with Crippen molar-refractivity contribution in [2.24, 2.45) is 5.92 Å². The molecule has 2 fully saturated rings. The predicted molar refractivity (Wildman–Crippen MR) is 103 cm³/mol. The van der Waals surface area contributed by atoms with Crippen molar-refractivity contribution in [2.75, 3.05) is 20.1 Å². The topological polar surface area (TPSA) is 47.6 Å². The van der Waals surface area contributed by atoms with Gasteiger partial charge in [0.2, 0.25) is 5.91 Å². The maximum Gasteiger partial charge on any atom is 0.239 e. The lowest BCUT2D eigenvalue weighted by Crippen LogP contribution is -2.51. The Kier molecular flexibility index (Phi) is 5.30. The van der Waals surface area contributed by atoms with Crippen LogP contribution in [0.4, 0.5) is 0 Å². The average Bonchev–Trinajstić information content (AvgIpc) is 3.09. The van der Waals surface area contributed by atoms with Gasteiger partial charge in [-0.1, -0.05) is 37.1 Å². The van der Waals surface area contributed by atoms with Crippen molar-refractivity contribution in [3.8, 4) is 0 Å². The van der Waals surface area contributed by atoms with Crippen LogP contribution in [-0.2, 0) is 17.8 Å². The maximum absolute atomic E-state index is 13.0. The van der Waals surface area contributed by atoms with Gasteiger partial charge < -0.3 is 4.90 Å². The van der Waals surface area contributed by atoms with Gasteiger partial charge in [0.05, 0.1) is 6.04 Å². The second-order valence-corrected chi connectivity index (χ2v) is 8.33. The Bertz CT molecular complexity index is 649. The van der Waals surface area contributed by atoms with Crippen LogP contribution in [0.15, 0.2) is 24.3 Å². The molecule has 2 N–H and O–H groups in total. The quantitative estimate of drug-likeness (QED) is 0.865. The molecule has 0 radical (unpaired) electrons. The zero-order valence-electron chi connectivity index (χ0n) is 16.1. The molecule has 3 aliphatic rings. The SMILES string of the molecule is CC(C(=O)N(C)CC1NNC2CCCCC21)N1CCc2ccccc2C1. The number of carbonyl (C=O) groups is 1. The van der Waals surface area contributed by atoms with Crippen molar-refractivity contribution in [1.82, 2.24) is 20.7 Å². The average molecular weight is 357 g/mol. The smallest absolute Gasteiger partial charge is 0.239 e. The molecule has 2 aliphatic heterocycles. The summed E-state index contributed by atoms with van der Waals surface area (Å²) >= 11 is 0. The van der Waals surface area contributed by atoms with Crippen LogP contribution >= 0.6 is 0 Å². The molecular weight excluding hydrogens is 324 g/mol. The summed E-state index contributed by atoms with van der Waals surface area (Å²) in [5.41, 5.74) is 9.72. The van der Waals surface area contributed by atoms with E-state index in [9.17, 15) is 4.79 Å². The Morgan fingerprint density at radius 1 is 1.23 bits per heavy atom. The normalized spacial score (nSPS) is 29.7. The Labute approximate surface area is 157 Å². The second kappa shape index (κ2) is 7.67. The lowest BCUT2D eigenvalue weighted by Gasteiger charge is -2.36. The van der Waals surface area contributed by atoms with Gasteiger partial charge in [-0.05, 0) is 43.2 Å². The van der Waals surface area contributed by atoms with Crippen LogP contribution in [-0.4, -0.2) is 54.0 Å². The summed E-state index contributed by atoms with van der Waals surface area (Å²) in [4.78, 5) is 17.3. The fourth-order valence-electron chi connectivity index (χ4n) is 5.03. The summed E-state index contributed by atoms with van der Waals surface area (Å²) < 4.78 is 0. The Balaban J connectivity index is 1.35. The van der Waals surface area contributed by atoms with E-state index in [1.54, 1.807) is 0 Å². The van der Waals surface area contributed by atoms with Crippen LogP contribution in [0.2, 0.25) is 0 Å². The number of hydrogen-bond donors (Lipinski definition) is 2. The zero-order chi connectivity index (χ0) is 18.1. The van der Waals surface area contributed by atoms with Crippen molar-refractivity contribution in [3.63, 3.8) is 0 Å². The molecule has 4 unspecified atom stereocenters. The van der Waals surface area contributed by atoms with E-state index < -0.39 is 0 Å². The molecule has 4 atom stereocenters. The van der Waals surface area contributed by atoms with Gasteiger partial charge in [-0.2, -0.15) is 0 Å². The molecule has 2 heterocycles. The van der Waals surface area contributed by atoms with Crippen LogP contribution in [0.25, 0.3) is 0 Å². The predicted octanol–water partition coefficient (Wildman–Crippen LogP) is 1.93. The summed E-state index contributed by atoms with van der Waals surface area (Å²) in [6.45, 7) is 4.70. The number of rotatable bonds is 4. The van der Waals surface area contributed by atoms with Gasteiger partial charge in [0.15, 0.2) is 0 Å². The standard InChI is InChI=1S/C21H32N4O/c1-15(25-12-11-16-7-3-4-8-17(16)13-25)21(26)24(2)14-20-18-9-5-6-10-19(18)22-23-20/h3-4,7-8,15,18-20,22-23H,5-6,9-14H2,1-2H3. The minimum Gasteiger partial charge on any atom is -0.343 e. The van der Waals surface area contributed by atoms with E-state index in [1.807, 2.05) is 11.9 Å². The Morgan fingerprint density at radius 3 is 2.85 bits per heavy atom. The molecule has 0 aromatic heterocycles. The van der Waals surface area contributed by atoms with E-state index in [-0.39, 0.29) is 11.9 Å². The zero-order valence-corrected chi connectivity index (χ0v) is 16.1. The van der Waals surface area contributed by atoms with E-state index in [1.165, 1.54) is 36.8 Å². The number of hydrogen-bond acceptors (Lipinski definition) is 4. The first-order valence-electron chi connectivity index (χ1n) is 10.2. The van der Waals surface area contributed by atoms with Crippen LogP contribution in [0, 0.1) is 5.92 Å². The fraction of sp³-hybridized carbons (Fsp3) is 0.667. The van der Waals surface area contributed by atoms with Crippen LogP contribution in [0.1, 0.15) is 43.7 Å². The van der Waals surface area contributed by atoms with E-state index in [2.05, 4.69) is 46.9 Å². The third-order valence-corrected chi connectivity index (χ3v) is 6.70. The summed E-state index contributed by atoms with van der Waals surface area (Å²) in [5.74, 6) is 0.904. The molecule has 0 bridgehead atoms. The summed E-state index contributed by atoms with van der Waals surface area (Å²) in [7, 11) is 1.97. The molecule has 1 aliphatic carbocycles. The molecular formula is C21H32N4O. The van der Waals surface area contributed by atoms with Crippen molar-refractivity contribution in [3.05, 3.63) is 35.4 Å². The number of fused-ring (bicyclic) bond motifs is 2. The van der Waals surface area contributed by atoms with Gasteiger partial charge in [0, 0.05) is 38.8 Å². The number of nitrogens with one attached hydrogen (secondary N) is 2. The Hall–Kier alpha value is -1.43. The van der Waals surface area contributed by atoms with Crippen molar-refractivity contribution >= 4 is 5.91 Å². The van der Waals surface area contributed by atoms with Crippen LogP contribution in [0.5, 0.6) is 0 Å². The van der Waals surface area contributed by atoms with Crippen LogP contribution in [0.3, 0.4) is 0 Å².